The minimum atomic E-state index is -0.341. The molecule has 0 radical (unpaired) electrons. The van der Waals surface area contributed by atoms with Gasteiger partial charge in [-0.25, -0.2) is 0 Å². The van der Waals surface area contributed by atoms with Crippen LogP contribution in [-0.2, 0) is 4.79 Å². The van der Waals surface area contributed by atoms with Gasteiger partial charge in [0.25, 0.3) is 0 Å². The first-order chi connectivity index (χ1) is 5.19. The van der Waals surface area contributed by atoms with Gasteiger partial charge in [-0.15, -0.1) is 0 Å². The number of nitrogens with one attached hydrogen (secondary N) is 1. The normalized spacial score (nSPS) is 12.8. The quantitative estimate of drug-likeness (QED) is 0.650. The maximum Gasteiger partial charge on any atom is 0.225 e. The lowest BCUT2D eigenvalue weighted by Crippen LogP contribution is -2.52. The van der Waals surface area contributed by atoms with Crippen molar-refractivity contribution in [3.8, 4) is 0 Å². The second-order valence-electron chi connectivity index (χ2n) is 4.79. The second-order valence-corrected chi connectivity index (χ2v) is 4.79. The number of rotatable bonds is 2. The van der Waals surface area contributed by atoms with Crippen LogP contribution >= 0.6 is 0 Å². The van der Waals surface area contributed by atoms with Gasteiger partial charge in [-0.1, -0.05) is 20.8 Å². The first kappa shape index (κ1) is 11.4. The Bertz CT molecular complexity index is 168. The van der Waals surface area contributed by atoms with Gasteiger partial charge >= 0.3 is 0 Å². The third-order valence-electron chi connectivity index (χ3n) is 1.64. The summed E-state index contributed by atoms with van der Waals surface area (Å²) < 4.78 is 0. The molecule has 3 heteroatoms. The first-order valence-electron chi connectivity index (χ1n) is 4.22. The van der Waals surface area contributed by atoms with Crippen LogP contribution in [0.3, 0.4) is 0 Å². The van der Waals surface area contributed by atoms with E-state index in [1.54, 1.807) is 0 Å². The van der Waals surface area contributed by atoms with Gasteiger partial charge in [-0.2, -0.15) is 0 Å². The lowest BCUT2D eigenvalue weighted by molar-refractivity contribution is -0.130. The first-order valence-corrected chi connectivity index (χ1v) is 4.22. The van der Waals surface area contributed by atoms with E-state index in [4.69, 9.17) is 5.73 Å². The van der Waals surface area contributed by atoms with Gasteiger partial charge in [-0.05, 0) is 13.8 Å². The van der Waals surface area contributed by atoms with E-state index in [1.807, 2.05) is 34.6 Å². The molecule has 0 atom stereocenters. The number of hydrogen-bond donors (Lipinski definition) is 2. The van der Waals surface area contributed by atoms with Crippen molar-refractivity contribution in [1.82, 2.24) is 5.32 Å². The molecule has 72 valence electrons. The molecule has 0 unspecified atom stereocenters. The van der Waals surface area contributed by atoms with Crippen molar-refractivity contribution in [3.63, 3.8) is 0 Å². The SMILES string of the molecule is CC(C)(CN)NC(=O)C(C)(C)C. The van der Waals surface area contributed by atoms with Crippen LogP contribution in [0, 0.1) is 5.41 Å². The van der Waals surface area contributed by atoms with Crippen molar-refractivity contribution in [2.45, 2.75) is 40.2 Å². The zero-order valence-electron chi connectivity index (χ0n) is 8.69. The molecule has 12 heavy (non-hydrogen) atoms. The molecule has 0 saturated heterocycles. The minimum absolute atomic E-state index is 0.0398. The fourth-order valence-electron chi connectivity index (χ4n) is 0.546. The number of amides is 1. The van der Waals surface area contributed by atoms with Gasteiger partial charge in [-0.3, -0.25) is 4.79 Å². The Morgan fingerprint density at radius 2 is 1.67 bits per heavy atom. The maximum atomic E-state index is 11.5. The molecule has 0 spiro atoms. The van der Waals surface area contributed by atoms with Crippen LogP contribution in [0.5, 0.6) is 0 Å². The third-order valence-corrected chi connectivity index (χ3v) is 1.64. The molecule has 1 amide bonds. The summed E-state index contributed by atoms with van der Waals surface area (Å²) in [5.41, 5.74) is 4.84. The number of hydrogen-bond acceptors (Lipinski definition) is 2. The highest BCUT2D eigenvalue weighted by molar-refractivity contribution is 5.82. The highest BCUT2D eigenvalue weighted by atomic mass is 16.2. The molecule has 0 rings (SSSR count). The van der Waals surface area contributed by atoms with E-state index in [0.29, 0.717) is 6.54 Å². The van der Waals surface area contributed by atoms with Gasteiger partial charge in [0.05, 0.1) is 0 Å². The molecule has 3 N–H and O–H groups in total. The summed E-state index contributed by atoms with van der Waals surface area (Å²) in [6.07, 6.45) is 0. The molecule has 0 aromatic heterocycles. The number of carbonyl (C=O) groups is 1. The van der Waals surface area contributed by atoms with Crippen molar-refractivity contribution in [3.05, 3.63) is 0 Å². The smallest absolute Gasteiger partial charge is 0.225 e. The molecule has 0 aliphatic heterocycles. The van der Waals surface area contributed by atoms with Gasteiger partial charge < -0.3 is 11.1 Å². The van der Waals surface area contributed by atoms with Crippen LogP contribution in [-0.4, -0.2) is 18.0 Å². The highest BCUT2D eigenvalue weighted by Crippen LogP contribution is 2.14. The highest BCUT2D eigenvalue weighted by Gasteiger charge is 2.26. The zero-order chi connectivity index (χ0) is 9.99. The third kappa shape index (κ3) is 3.72. The van der Waals surface area contributed by atoms with Crippen LogP contribution in [0.15, 0.2) is 0 Å². The summed E-state index contributed by atoms with van der Waals surface area (Å²) in [5, 5.41) is 2.88. The molecule has 3 nitrogen and oxygen atoms in total. The molecular formula is C9H20N2O. The fourth-order valence-corrected chi connectivity index (χ4v) is 0.546. The summed E-state index contributed by atoms with van der Waals surface area (Å²) in [6, 6.07) is 0. The molecule has 0 aromatic rings. The summed E-state index contributed by atoms with van der Waals surface area (Å²) in [6.45, 7) is 9.93. The van der Waals surface area contributed by atoms with E-state index in [2.05, 4.69) is 5.32 Å². The summed E-state index contributed by atoms with van der Waals surface area (Å²) >= 11 is 0. The van der Waals surface area contributed by atoms with Gasteiger partial charge in [0.2, 0.25) is 5.91 Å². The van der Waals surface area contributed by atoms with E-state index in [1.165, 1.54) is 0 Å². The molecular weight excluding hydrogens is 152 g/mol. The van der Waals surface area contributed by atoms with Crippen LogP contribution in [0.4, 0.5) is 0 Å². The van der Waals surface area contributed by atoms with E-state index >= 15 is 0 Å². The van der Waals surface area contributed by atoms with E-state index in [9.17, 15) is 4.79 Å². The van der Waals surface area contributed by atoms with Crippen LogP contribution in [0.25, 0.3) is 0 Å². The van der Waals surface area contributed by atoms with Gasteiger partial charge in [0.1, 0.15) is 0 Å². The van der Waals surface area contributed by atoms with Crippen LogP contribution in [0.2, 0.25) is 0 Å². The average Bonchev–Trinajstić information content (AvgIpc) is 1.85. The predicted molar refractivity (Wildman–Crippen MR) is 50.7 cm³/mol. The number of carbonyl (C=O) groups excluding carboxylic acids is 1. The Labute approximate surface area is 74.7 Å². The van der Waals surface area contributed by atoms with E-state index in [-0.39, 0.29) is 16.9 Å². The summed E-state index contributed by atoms with van der Waals surface area (Å²) in [7, 11) is 0. The standard InChI is InChI=1S/C9H20N2O/c1-8(2,3)7(12)11-9(4,5)6-10/h6,10H2,1-5H3,(H,11,12). The van der Waals surface area contributed by atoms with E-state index < -0.39 is 0 Å². The molecule has 0 heterocycles. The molecule has 0 aliphatic rings. The number of nitrogens with two attached hydrogens (primary N) is 1. The maximum absolute atomic E-state index is 11.5. The van der Waals surface area contributed by atoms with Gasteiger partial charge in [0.15, 0.2) is 0 Å². The van der Waals surface area contributed by atoms with Gasteiger partial charge in [0, 0.05) is 17.5 Å². The zero-order valence-corrected chi connectivity index (χ0v) is 8.69. The van der Waals surface area contributed by atoms with Crippen molar-refractivity contribution in [2.75, 3.05) is 6.54 Å². The molecule has 0 bridgehead atoms. The molecule has 0 saturated carbocycles. The van der Waals surface area contributed by atoms with E-state index in [0.717, 1.165) is 0 Å². The molecule has 0 aliphatic carbocycles. The monoisotopic (exact) mass is 172 g/mol. The second kappa shape index (κ2) is 3.44. The lowest BCUT2D eigenvalue weighted by atomic mass is 9.93. The minimum Gasteiger partial charge on any atom is -0.350 e. The Morgan fingerprint density at radius 1 is 1.25 bits per heavy atom. The topological polar surface area (TPSA) is 55.1 Å². The summed E-state index contributed by atoms with van der Waals surface area (Å²) in [5.74, 6) is 0.0398. The Balaban J connectivity index is 4.20. The van der Waals surface area contributed by atoms with Crippen molar-refractivity contribution in [2.24, 2.45) is 11.1 Å². The average molecular weight is 172 g/mol. The van der Waals surface area contributed by atoms with Crippen LogP contribution in [0.1, 0.15) is 34.6 Å². The Morgan fingerprint density at radius 3 is 1.92 bits per heavy atom. The Hall–Kier alpha value is -0.570. The van der Waals surface area contributed by atoms with Crippen LogP contribution < -0.4 is 11.1 Å². The van der Waals surface area contributed by atoms with Crippen molar-refractivity contribution in [1.29, 1.82) is 0 Å². The molecule has 0 aromatic carbocycles. The Kier molecular flexibility index (Phi) is 3.27. The largest absolute Gasteiger partial charge is 0.350 e. The predicted octanol–water partition coefficient (Wildman–Crippen LogP) is 0.886. The van der Waals surface area contributed by atoms with Crippen molar-refractivity contribution < 1.29 is 4.79 Å². The summed E-state index contributed by atoms with van der Waals surface area (Å²) in [4.78, 5) is 11.5. The fraction of sp³-hybridized carbons (Fsp3) is 0.889. The van der Waals surface area contributed by atoms with Crippen molar-refractivity contribution >= 4 is 5.91 Å². The lowest BCUT2D eigenvalue weighted by Gasteiger charge is -2.28. The molecule has 0 fully saturated rings.